The molecule has 1 fully saturated rings. The predicted molar refractivity (Wildman–Crippen MR) is 135 cm³/mol. The first-order valence-corrected chi connectivity index (χ1v) is 12.8. The molecule has 0 radical (unpaired) electrons. The average molecular weight is 486 g/mol. The number of halogens is 1. The Balaban J connectivity index is 1.56. The molecule has 0 spiro atoms. The highest BCUT2D eigenvalue weighted by Crippen LogP contribution is 2.32. The number of alkyl halides is 1. The van der Waals surface area contributed by atoms with Gasteiger partial charge in [-0.3, -0.25) is 4.79 Å². The number of ether oxygens (including phenoxy) is 2. The highest BCUT2D eigenvalue weighted by atomic mass is 35.5. The fourth-order valence-electron chi connectivity index (χ4n) is 4.59. The molecule has 1 aliphatic rings. The Bertz CT molecular complexity index is 876. The molecule has 1 saturated heterocycles. The number of likely N-dealkylation sites (tertiary alicyclic amines) is 1. The van der Waals surface area contributed by atoms with Crippen LogP contribution in [-0.4, -0.2) is 41.3 Å². The maximum Gasteiger partial charge on any atom is 0.410 e. The minimum absolute atomic E-state index is 0.151. The highest BCUT2D eigenvalue weighted by molar-refractivity contribution is 6.17. The minimum Gasteiger partial charge on any atom is -0.445 e. The minimum atomic E-state index is -0.340. The first kappa shape index (κ1) is 26.2. The molecule has 0 N–H and O–H groups in total. The maximum atomic E-state index is 13.2. The number of hydrogen-bond acceptors (Lipinski definition) is 4. The summed E-state index contributed by atoms with van der Waals surface area (Å²) in [5, 5.41) is 0. The van der Waals surface area contributed by atoms with Gasteiger partial charge in [-0.2, -0.15) is 0 Å². The molecule has 5 nitrogen and oxygen atoms in total. The molecule has 1 amide bonds. The molecule has 1 aliphatic heterocycles. The summed E-state index contributed by atoms with van der Waals surface area (Å²) in [5.41, 5.74) is 2.10. The molecule has 0 aliphatic carbocycles. The molecule has 2 aromatic rings. The number of benzene rings is 2. The number of hydrogen-bond donors (Lipinski definition) is 0. The molecule has 0 bridgehead atoms. The molecule has 0 unspecified atom stereocenters. The summed E-state index contributed by atoms with van der Waals surface area (Å²) in [7, 11) is 0. The van der Waals surface area contributed by atoms with Crippen molar-refractivity contribution in [2.75, 3.05) is 12.5 Å². The monoisotopic (exact) mass is 485 g/mol. The van der Waals surface area contributed by atoms with Gasteiger partial charge in [0.2, 0.25) is 0 Å². The Morgan fingerprint density at radius 2 is 1.59 bits per heavy atom. The van der Waals surface area contributed by atoms with Gasteiger partial charge in [0.15, 0.2) is 0 Å². The fourth-order valence-corrected chi connectivity index (χ4v) is 4.74. The molecule has 2 aromatic carbocycles. The van der Waals surface area contributed by atoms with Gasteiger partial charge in [-0.05, 0) is 43.2 Å². The normalized spacial score (nSPS) is 20.4. The van der Waals surface area contributed by atoms with Gasteiger partial charge in [0.05, 0.1) is 6.61 Å². The van der Waals surface area contributed by atoms with E-state index in [9.17, 15) is 9.59 Å². The van der Waals surface area contributed by atoms with E-state index in [-0.39, 0.29) is 36.5 Å². The van der Waals surface area contributed by atoms with Crippen LogP contribution in [0.3, 0.4) is 0 Å². The number of unbranched alkanes of at least 4 members (excludes halogenated alkanes) is 1. The third kappa shape index (κ3) is 7.85. The van der Waals surface area contributed by atoms with Crippen LogP contribution in [0, 0.1) is 5.92 Å². The average Bonchev–Trinajstić information content (AvgIpc) is 2.87. The van der Waals surface area contributed by atoms with E-state index in [1.165, 1.54) is 0 Å². The van der Waals surface area contributed by atoms with E-state index in [2.05, 4.69) is 12.1 Å². The van der Waals surface area contributed by atoms with Gasteiger partial charge in [-0.25, -0.2) is 4.79 Å². The first-order chi connectivity index (χ1) is 16.6. The van der Waals surface area contributed by atoms with Crippen LogP contribution < -0.4 is 0 Å². The van der Waals surface area contributed by atoms with Crippen molar-refractivity contribution in [3.8, 4) is 0 Å². The lowest BCUT2D eigenvalue weighted by atomic mass is 9.82. The van der Waals surface area contributed by atoms with E-state index >= 15 is 0 Å². The van der Waals surface area contributed by atoms with Crippen molar-refractivity contribution in [2.24, 2.45) is 5.92 Å². The molecule has 0 saturated carbocycles. The number of carbonyl (C=O) groups is 2. The zero-order valence-corrected chi connectivity index (χ0v) is 20.8. The third-order valence-corrected chi connectivity index (χ3v) is 6.78. The Hall–Kier alpha value is -2.37. The Morgan fingerprint density at radius 1 is 0.941 bits per heavy atom. The van der Waals surface area contributed by atoms with E-state index in [4.69, 9.17) is 21.1 Å². The number of amides is 1. The van der Waals surface area contributed by atoms with E-state index in [0.717, 1.165) is 36.8 Å². The second kappa shape index (κ2) is 14.1. The summed E-state index contributed by atoms with van der Waals surface area (Å²) in [4.78, 5) is 27.9. The molecule has 34 heavy (non-hydrogen) atoms. The Morgan fingerprint density at radius 3 is 2.24 bits per heavy atom. The smallest absolute Gasteiger partial charge is 0.410 e. The molecule has 184 valence electrons. The van der Waals surface area contributed by atoms with Gasteiger partial charge in [0.1, 0.15) is 12.4 Å². The van der Waals surface area contributed by atoms with Crippen molar-refractivity contribution in [3.63, 3.8) is 0 Å². The van der Waals surface area contributed by atoms with Crippen LogP contribution in [0.4, 0.5) is 4.79 Å². The van der Waals surface area contributed by atoms with Gasteiger partial charge < -0.3 is 14.4 Å². The first-order valence-electron chi connectivity index (χ1n) is 12.3. The standard InChI is InChI=1S/C28H36ClNO4/c1-22-26(16-10-17-29)30(28(32)34-21-24-13-6-3-7-14-24)25(19-27(22)31)15-8-9-18-33-20-23-11-4-2-5-12-23/h2-7,11-14,22,25-26H,8-10,15-21H2,1H3/t22-,25+,26-/m0/s1. The van der Waals surface area contributed by atoms with Crippen LogP contribution in [0.5, 0.6) is 0 Å². The van der Waals surface area contributed by atoms with Crippen LogP contribution >= 0.6 is 11.6 Å². The zero-order chi connectivity index (χ0) is 24.2. The van der Waals surface area contributed by atoms with Gasteiger partial charge in [0, 0.05) is 36.9 Å². The summed E-state index contributed by atoms with van der Waals surface area (Å²) in [6.07, 6.45) is 4.01. The lowest BCUT2D eigenvalue weighted by Gasteiger charge is -2.44. The number of rotatable bonds is 12. The van der Waals surface area contributed by atoms with Crippen molar-refractivity contribution >= 4 is 23.5 Å². The van der Waals surface area contributed by atoms with E-state index in [1.54, 1.807) is 0 Å². The number of nitrogens with zero attached hydrogens (tertiary/aromatic N) is 1. The maximum absolute atomic E-state index is 13.2. The summed E-state index contributed by atoms with van der Waals surface area (Å²) in [6.45, 7) is 3.39. The van der Waals surface area contributed by atoms with Gasteiger partial charge in [0.25, 0.3) is 0 Å². The van der Waals surface area contributed by atoms with Crippen LogP contribution in [0.15, 0.2) is 60.7 Å². The van der Waals surface area contributed by atoms with Crippen LogP contribution in [0.2, 0.25) is 0 Å². The number of Topliss-reactive ketones (excluding diaryl/α,β-unsaturated/α-hetero) is 1. The van der Waals surface area contributed by atoms with Gasteiger partial charge >= 0.3 is 6.09 Å². The van der Waals surface area contributed by atoms with Gasteiger partial charge in [-0.1, -0.05) is 67.6 Å². The topological polar surface area (TPSA) is 55.8 Å². The number of ketones is 1. The highest BCUT2D eigenvalue weighted by Gasteiger charge is 2.42. The van der Waals surface area contributed by atoms with Crippen molar-refractivity contribution in [1.82, 2.24) is 4.90 Å². The number of carbonyl (C=O) groups excluding carboxylic acids is 2. The lowest BCUT2D eigenvalue weighted by Crippen LogP contribution is -2.56. The van der Waals surface area contributed by atoms with E-state index < -0.39 is 0 Å². The molecule has 1 heterocycles. The molecule has 0 aromatic heterocycles. The van der Waals surface area contributed by atoms with Crippen molar-refractivity contribution in [3.05, 3.63) is 71.8 Å². The second-order valence-electron chi connectivity index (χ2n) is 8.99. The van der Waals surface area contributed by atoms with Crippen molar-refractivity contribution in [1.29, 1.82) is 0 Å². The zero-order valence-electron chi connectivity index (χ0n) is 20.0. The van der Waals surface area contributed by atoms with Crippen LogP contribution in [0.25, 0.3) is 0 Å². The summed E-state index contributed by atoms with van der Waals surface area (Å²) >= 11 is 5.95. The largest absolute Gasteiger partial charge is 0.445 e. The third-order valence-electron chi connectivity index (χ3n) is 6.51. The van der Waals surface area contributed by atoms with Crippen LogP contribution in [0.1, 0.15) is 56.6 Å². The molecule has 3 atom stereocenters. The summed E-state index contributed by atoms with van der Waals surface area (Å²) in [6, 6.07) is 19.4. The summed E-state index contributed by atoms with van der Waals surface area (Å²) < 4.78 is 11.5. The van der Waals surface area contributed by atoms with Gasteiger partial charge in [-0.15, -0.1) is 11.6 Å². The molecular formula is C28H36ClNO4. The Kier molecular flexibility index (Phi) is 10.9. The predicted octanol–water partition coefficient (Wildman–Crippen LogP) is 6.38. The second-order valence-corrected chi connectivity index (χ2v) is 9.37. The molecular weight excluding hydrogens is 450 g/mol. The molecule has 3 rings (SSSR count). The Labute approximate surface area is 208 Å². The quantitative estimate of drug-likeness (QED) is 0.258. The van der Waals surface area contributed by atoms with E-state index in [1.807, 2.05) is 60.4 Å². The van der Waals surface area contributed by atoms with Crippen LogP contribution in [-0.2, 0) is 27.5 Å². The number of piperidine rings is 1. The summed E-state index contributed by atoms with van der Waals surface area (Å²) in [5.74, 6) is 0.517. The van der Waals surface area contributed by atoms with Crippen molar-refractivity contribution in [2.45, 2.75) is 70.7 Å². The van der Waals surface area contributed by atoms with E-state index in [0.29, 0.717) is 31.9 Å². The SMILES string of the molecule is C[C@@H]1C(=O)C[C@@H](CCCCOCc2ccccc2)N(C(=O)OCc2ccccc2)[C@H]1CCCCl. The lowest BCUT2D eigenvalue weighted by molar-refractivity contribution is -0.130. The fraction of sp³-hybridized carbons (Fsp3) is 0.500. The van der Waals surface area contributed by atoms with Crippen molar-refractivity contribution < 1.29 is 19.1 Å². The molecule has 6 heteroatoms.